The molecule has 1 fully saturated rings. The van der Waals surface area contributed by atoms with E-state index >= 15 is 0 Å². The molecule has 8 heavy (non-hydrogen) atoms. The van der Waals surface area contributed by atoms with Gasteiger partial charge in [0.15, 0.2) is 0 Å². The number of rotatable bonds is 3. The van der Waals surface area contributed by atoms with Gasteiger partial charge >= 0.3 is 0 Å². The molecule has 0 saturated heterocycles. The summed E-state index contributed by atoms with van der Waals surface area (Å²) in [5, 5.41) is 8.49. The van der Waals surface area contributed by atoms with Gasteiger partial charge in [0.2, 0.25) is 0 Å². The third kappa shape index (κ3) is 1.80. The number of nitrogens with two attached hydrogens (primary N) is 1. The van der Waals surface area contributed by atoms with Gasteiger partial charge in [0, 0.05) is 6.04 Å². The molecule has 1 aliphatic carbocycles. The second-order valence-electron chi connectivity index (χ2n) is 2.62. The Labute approximate surface area is 49.7 Å². The standard InChI is InChI=1S/C6H13NO/c7-6(4-8)3-5-1-2-5/h5-6,8H,1-4,7H2/t6-/m0/s1. The predicted octanol–water partition coefficient (Wildman–Crippen LogP) is 0.106. The lowest BCUT2D eigenvalue weighted by Gasteiger charge is -2.03. The number of hydrogen-bond donors (Lipinski definition) is 2. The van der Waals surface area contributed by atoms with Crippen molar-refractivity contribution in [1.82, 2.24) is 0 Å². The Morgan fingerprint density at radius 1 is 1.62 bits per heavy atom. The van der Waals surface area contributed by atoms with Gasteiger partial charge in [0.25, 0.3) is 0 Å². The van der Waals surface area contributed by atoms with Crippen molar-refractivity contribution in [2.75, 3.05) is 6.61 Å². The number of aliphatic hydroxyl groups is 1. The molecule has 1 rings (SSSR count). The normalized spacial score (nSPS) is 23.2. The maximum Gasteiger partial charge on any atom is 0.0582 e. The molecular weight excluding hydrogens is 102 g/mol. The summed E-state index contributed by atoms with van der Waals surface area (Å²) < 4.78 is 0. The first-order chi connectivity index (χ1) is 3.83. The van der Waals surface area contributed by atoms with Crippen LogP contribution in [0.15, 0.2) is 0 Å². The topological polar surface area (TPSA) is 46.2 Å². The Bertz CT molecular complexity index is 70.9. The summed E-state index contributed by atoms with van der Waals surface area (Å²) in [5.41, 5.74) is 5.46. The van der Waals surface area contributed by atoms with Crippen molar-refractivity contribution in [2.24, 2.45) is 11.7 Å². The molecule has 3 N–H and O–H groups in total. The van der Waals surface area contributed by atoms with Crippen molar-refractivity contribution in [3.8, 4) is 0 Å². The van der Waals surface area contributed by atoms with Crippen LogP contribution in [0.2, 0.25) is 0 Å². The fourth-order valence-electron chi connectivity index (χ4n) is 0.856. The van der Waals surface area contributed by atoms with Crippen LogP contribution >= 0.6 is 0 Å². The van der Waals surface area contributed by atoms with Gasteiger partial charge in [0.05, 0.1) is 6.61 Å². The first-order valence-corrected chi connectivity index (χ1v) is 3.19. The fourth-order valence-corrected chi connectivity index (χ4v) is 0.856. The molecule has 0 bridgehead atoms. The summed E-state index contributed by atoms with van der Waals surface area (Å²) in [6.45, 7) is 0.149. The molecule has 0 unspecified atom stereocenters. The average Bonchev–Trinajstić information content (AvgIpc) is 2.50. The van der Waals surface area contributed by atoms with E-state index in [1.165, 1.54) is 12.8 Å². The molecule has 48 valence electrons. The van der Waals surface area contributed by atoms with Crippen molar-refractivity contribution >= 4 is 0 Å². The van der Waals surface area contributed by atoms with Crippen LogP contribution in [-0.2, 0) is 0 Å². The summed E-state index contributed by atoms with van der Waals surface area (Å²) >= 11 is 0. The summed E-state index contributed by atoms with van der Waals surface area (Å²) in [5.74, 6) is 0.845. The molecular formula is C6H13NO. The summed E-state index contributed by atoms with van der Waals surface area (Å²) in [7, 11) is 0. The van der Waals surface area contributed by atoms with Crippen LogP contribution in [0.4, 0.5) is 0 Å². The van der Waals surface area contributed by atoms with Crippen LogP contribution in [0.5, 0.6) is 0 Å². The van der Waals surface area contributed by atoms with Crippen molar-refractivity contribution in [1.29, 1.82) is 0 Å². The molecule has 0 heterocycles. The van der Waals surface area contributed by atoms with Crippen LogP contribution in [-0.4, -0.2) is 17.8 Å². The van der Waals surface area contributed by atoms with Gasteiger partial charge in [-0.3, -0.25) is 0 Å². The lowest BCUT2D eigenvalue weighted by Crippen LogP contribution is -2.24. The maximum atomic E-state index is 8.49. The van der Waals surface area contributed by atoms with Crippen LogP contribution in [0.3, 0.4) is 0 Å². The minimum absolute atomic E-state index is 0.0440. The van der Waals surface area contributed by atoms with E-state index in [0.717, 1.165) is 12.3 Å². The van der Waals surface area contributed by atoms with Gasteiger partial charge in [-0.1, -0.05) is 12.8 Å². The highest BCUT2D eigenvalue weighted by atomic mass is 16.3. The molecule has 2 nitrogen and oxygen atoms in total. The molecule has 0 radical (unpaired) electrons. The zero-order valence-corrected chi connectivity index (χ0v) is 5.01. The third-order valence-electron chi connectivity index (χ3n) is 1.57. The van der Waals surface area contributed by atoms with E-state index in [2.05, 4.69) is 0 Å². The minimum atomic E-state index is 0.0440. The quantitative estimate of drug-likeness (QED) is 0.548. The molecule has 0 spiro atoms. The van der Waals surface area contributed by atoms with Crippen LogP contribution in [0, 0.1) is 5.92 Å². The van der Waals surface area contributed by atoms with Crippen molar-refractivity contribution in [3.05, 3.63) is 0 Å². The fraction of sp³-hybridized carbons (Fsp3) is 1.00. The van der Waals surface area contributed by atoms with E-state index in [-0.39, 0.29) is 12.6 Å². The highest BCUT2D eigenvalue weighted by Crippen LogP contribution is 2.32. The molecule has 0 aromatic carbocycles. The summed E-state index contributed by atoms with van der Waals surface area (Å²) in [6.07, 6.45) is 3.68. The molecule has 0 aliphatic heterocycles. The van der Waals surface area contributed by atoms with Crippen LogP contribution < -0.4 is 5.73 Å². The van der Waals surface area contributed by atoms with E-state index in [1.54, 1.807) is 0 Å². The molecule has 1 saturated carbocycles. The van der Waals surface area contributed by atoms with Crippen molar-refractivity contribution < 1.29 is 5.11 Å². The second kappa shape index (κ2) is 2.46. The molecule has 1 atom stereocenters. The van der Waals surface area contributed by atoms with E-state index < -0.39 is 0 Å². The molecule has 2 heteroatoms. The van der Waals surface area contributed by atoms with Crippen LogP contribution in [0.25, 0.3) is 0 Å². The zero-order valence-electron chi connectivity index (χ0n) is 5.01. The van der Waals surface area contributed by atoms with Gasteiger partial charge in [-0.25, -0.2) is 0 Å². The number of hydrogen-bond acceptors (Lipinski definition) is 2. The first kappa shape index (κ1) is 6.05. The zero-order chi connectivity index (χ0) is 5.98. The number of aliphatic hydroxyl groups excluding tert-OH is 1. The Balaban J connectivity index is 1.98. The van der Waals surface area contributed by atoms with Gasteiger partial charge in [-0.05, 0) is 12.3 Å². The Morgan fingerprint density at radius 3 is 2.62 bits per heavy atom. The van der Waals surface area contributed by atoms with E-state index in [9.17, 15) is 0 Å². The van der Waals surface area contributed by atoms with E-state index in [4.69, 9.17) is 10.8 Å². The largest absolute Gasteiger partial charge is 0.395 e. The van der Waals surface area contributed by atoms with Gasteiger partial charge in [-0.2, -0.15) is 0 Å². The van der Waals surface area contributed by atoms with Crippen LogP contribution in [0.1, 0.15) is 19.3 Å². The van der Waals surface area contributed by atoms with Crippen molar-refractivity contribution in [3.63, 3.8) is 0 Å². The lowest BCUT2D eigenvalue weighted by atomic mass is 10.2. The predicted molar refractivity (Wildman–Crippen MR) is 32.4 cm³/mol. The molecule has 0 aromatic heterocycles. The Kier molecular flexibility index (Phi) is 1.86. The first-order valence-electron chi connectivity index (χ1n) is 3.19. The average molecular weight is 115 g/mol. The van der Waals surface area contributed by atoms with E-state index in [0.29, 0.717) is 0 Å². The third-order valence-corrected chi connectivity index (χ3v) is 1.57. The highest BCUT2D eigenvalue weighted by molar-refractivity contribution is 4.77. The van der Waals surface area contributed by atoms with Gasteiger partial charge < -0.3 is 10.8 Å². The van der Waals surface area contributed by atoms with Gasteiger partial charge in [0.1, 0.15) is 0 Å². The van der Waals surface area contributed by atoms with E-state index in [1.807, 2.05) is 0 Å². The molecule has 0 amide bonds. The second-order valence-corrected chi connectivity index (χ2v) is 2.62. The Morgan fingerprint density at radius 2 is 2.25 bits per heavy atom. The van der Waals surface area contributed by atoms with Crippen molar-refractivity contribution in [2.45, 2.75) is 25.3 Å². The Hall–Kier alpha value is -0.0800. The highest BCUT2D eigenvalue weighted by Gasteiger charge is 2.23. The molecule has 0 aromatic rings. The summed E-state index contributed by atoms with van der Waals surface area (Å²) in [4.78, 5) is 0. The monoisotopic (exact) mass is 115 g/mol. The smallest absolute Gasteiger partial charge is 0.0582 e. The maximum absolute atomic E-state index is 8.49. The molecule has 1 aliphatic rings. The van der Waals surface area contributed by atoms with Gasteiger partial charge in [-0.15, -0.1) is 0 Å². The summed E-state index contributed by atoms with van der Waals surface area (Å²) in [6, 6.07) is 0.0440. The lowest BCUT2D eigenvalue weighted by molar-refractivity contribution is 0.256. The minimum Gasteiger partial charge on any atom is -0.395 e. The SMILES string of the molecule is N[C@H](CO)CC1CC1.